The fourth-order valence-corrected chi connectivity index (χ4v) is 2.83. The van der Waals surface area contributed by atoms with Gasteiger partial charge in [0.2, 0.25) is 0 Å². The number of nitrogens with one attached hydrogen (secondary N) is 1. The molecule has 0 fully saturated rings. The highest BCUT2D eigenvalue weighted by Gasteiger charge is 2.12. The minimum Gasteiger partial charge on any atom is -0.476 e. The average molecular weight is 376 g/mol. The van der Waals surface area contributed by atoms with Crippen LogP contribution in [0.15, 0.2) is 21.1 Å². The summed E-state index contributed by atoms with van der Waals surface area (Å²) in [4.78, 5) is 0. The van der Waals surface area contributed by atoms with Gasteiger partial charge in [-0.05, 0) is 70.3 Å². The van der Waals surface area contributed by atoms with E-state index in [9.17, 15) is 0 Å². The van der Waals surface area contributed by atoms with Gasteiger partial charge in [-0.25, -0.2) is 0 Å². The lowest BCUT2D eigenvalue weighted by molar-refractivity contribution is 0.363. The minimum absolute atomic E-state index is 0.0385. The van der Waals surface area contributed by atoms with E-state index in [1.54, 1.807) is 0 Å². The van der Waals surface area contributed by atoms with Crippen LogP contribution in [-0.4, -0.2) is 12.1 Å². The maximum atomic E-state index is 8.52. The van der Waals surface area contributed by atoms with E-state index in [-0.39, 0.29) is 12.1 Å². The molecule has 0 unspecified atom stereocenters. The van der Waals surface area contributed by atoms with Crippen LogP contribution < -0.4 is 10.1 Å². The summed E-state index contributed by atoms with van der Waals surface area (Å²) in [7, 11) is 0. The van der Waals surface area contributed by atoms with E-state index in [0.717, 1.165) is 21.1 Å². The number of halogens is 2. The van der Waals surface area contributed by atoms with Gasteiger partial charge in [-0.1, -0.05) is 0 Å². The smallest absolute Gasteiger partial charge is 0.174 e. The quantitative estimate of drug-likeness (QED) is 0.864. The summed E-state index contributed by atoms with van der Waals surface area (Å²) < 4.78 is 7.03. The van der Waals surface area contributed by atoms with Gasteiger partial charge >= 0.3 is 0 Å². The molecule has 3 nitrogen and oxygen atoms in total. The average Bonchev–Trinajstić information content (AvgIpc) is 2.24. The Morgan fingerprint density at radius 3 is 2.28 bits per heavy atom. The van der Waals surface area contributed by atoms with Crippen molar-refractivity contribution < 1.29 is 4.74 Å². The molecule has 0 aromatic heterocycles. The molecule has 0 bridgehead atoms. The summed E-state index contributed by atoms with van der Waals surface area (Å²) in [6, 6.07) is 5.95. The number of ether oxygens (including phenoxy) is 1. The molecule has 1 N–H and O–H groups in total. The van der Waals surface area contributed by atoms with Crippen molar-refractivity contribution >= 4 is 31.9 Å². The Morgan fingerprint density at radius 2 is 1.83 bits per heavy atom. The van der Waals surface area contributed by atoms with E-state index in [4.69, 9.17) is 10.00 Å². The number of rotatable bonds is 4. The van der Waals surface area contributed by atoms with E-state index in [0.29, 0.717) is 5.75 Å². The van der Waals surface area contributed by atoms with Gasteiger partial charge in [0.25, 0.3) is 0 Å². The van der Waals surface area contributed by atoms with E-state index >= 15 is 0 Å². The molecule has 1 aromatic rings. The van der Waals surface area contributed by atoms with Crippen molar-refractivity contribution in [3.05, 3.63) is 26.6 Å². The molecule has 0 aliphatic carbocycles. The topological polar surface area (TPSA) is 45.0 Å². The Hall–Kier alpha value is -0.570. The Labute approximate surface area is 125 Å². The summed E-state index contributed by atoms with van der Waals surface area (Å²) in [5, 5.41) is 11.9. The van der Waals surface area contributed by atoms with Crippen molar-refractivity contribution in [3.63, 3.8) is 0 Å². The third kappa shape index (κ3) is 4.97. The molecule has 18 heavy (non-hydrogen) atoms. The van der Waals surface area contributed by atoms with Gasteiger partial charge < -0.3 is 10.1 Å². The molecule has 0 amide bonds. The first kappa shape index (κ1) is 15.5. The maximum Gasteiger partial charge on any atom is 0.174 e. The van der Waals surface area contributed by atoms with Crippen LogP contribution in [0.5, 0.6) is 5.75 Å². The van der Waals surface area contributed by atoms with Crippen LogP contribution in [0.3, 0.4) is 0 Å². The molecule has 0 saturated heterocycles. The third-order valence-corrected chi connectivity index (χ3v) is 3.34. The van der Waals surface area contributed by atoms with Gasteiger partial charge in [-0.3, -0.25) is 0 Å². The summed E-state index contributed by atoms with van der Waals surface area (Å²) in [5.74, 6) is 0.663. The molecule has 0 atom stereocenters. The van der Waals surface area contributed by atoms with Crippen LogP contribution in [0.25, 0.3) is 0 Å². The van der Waals surface area contributed by atoms with Crippen LogP contribution in [-0.2, 0) is 6.54 Å². The normalized spacial score (nSPS) is 11.1. The second-order valence-corrected chi connectivity index (χ2v) is 6.65. The fraction of sp³-hybridized carbons (Fsp3) is 0.462. The number of hydrogen-bond acceptors (Lipinski definition) is 3. The lowest BCUT2D eigenvalue weighted by Crippen LogP contribution is -2.35. The Balaban J connectivity index is 2.83. The largest absolute Gasteiger partial charge is 0.476 e. The van der Waals surface area contributed by atoms with Crippen LogP contribution >= 0.6 is 31.9 Å². The fourth-order valence-electron chi connectivity index (χ4n) is 1.32. The van der Waals surface area contributed by atoms with Crippen molar-refractivity contribution in [1.82, 2.24) is 5.32 Å². The number of nitriles is 1. The monoisotopic (exact) mass is 374 g/mol. The second kappa shape index (κ2) is 6.55. The third-order valence-electron chi connectivity index (χ3n) is 2.16. The minimum atomic E-state index is 0.0385. The van der Waals surface area contributed by atoms with Crippen molar-refractivity contribution in [1.29, 1.82) is 5.26 Å². The SMILES string of the molecule is CC(C)(C)NCc1cc(Br)c(OCC#N)c(Br)c1. The molecule has 0 radical (unpaired) electrons. The van der Waals surface area contributed by atoms with Crippen LogP contribution in [0.1, 0.15) is 26.3 Å². The first-order valence-corrected chi connectivity index (χ1v) is 7.15. The first-order valence-electron chi connectivity index (χ1n) is 5.56. The molecule has 0 spiro atoms. The molecule has 1 aromatic carbocycles. The summed E-state index contributed by atoms with van der Waals surface area (Å²) in [6.45, 7) is 7.19. The van der Waals surface area contributed by atoms with Crippen LogP contribution in [0, 0.1) is 11.3 Å². The summed E-state index contributed by atoms with van der Waals surface area (Å²) in [5.41, 5.74) is 1.22. The summed E-state index contributed by atoms with van der Waals surface area (Å²) >= 11 is 6.91. The van der Waals surface area contributed by atoms with E-state index < -0.39 is 0 Å². The molecular formula is C13H16Br2N2O. The van der Waals surface area contributed by atoms with Gasteiger partial charge in [0.05, 0.1) is 8.95 Å². The number of hydrogen-bond donors (Lipinski definition) is 1. The highest BCUT2D eigenvalue weighted by Crippen LogP contribution is 2.34. The first-order chi connectivity index (χ1) is 8.33. The Kier molecular flexibility index (Phi) is 5.64. The zero-order valence-corrected chi connectivity index (χ0v) is 13.9. The van der Waals surface area contributed by atoms with E-state index in [1.165, 1.54) is 0 Å². The summed E-state index contributed by atoms with van der Waals surface area (Å²) in [6.07, 6.45) is 0. The van der Waals surface area contributed by atoms with Crippen molar-refractivity contribution in [2.24, 2.45) is 0 Å². The number of benzene rings is 1. The van der Waals surface area contributed by atoms with Gasteiger partial charge in [0.15, 0.2) is 6.61 Å². The van der Waals surface area contributed by atoms with Gasteiger partial charge in [-0.15, -0.1) is 0 Å². The zero-order chi connectivity index (χ0) is 13.8. The molecule has 1 rings (SSSR count). The highest BCUT2D eigenvalue weighted by atomic mass is 79.9. The van der Waals surface area contributed by atoms with Crippen molar-refractivity contribution in [2.75, 3.05) is 6.61 Å². The van der Waals surface area contributed by atoms with E-state index in [2.05, 4.69) is 57.9 Å². The predicted octanol–water partition coefficient (Wildman–Crippen LogP) is 4.00. The molecule has 98 valence electrons. The lowest BCUT2D eigenvalue weighted by atomic mass is 10.1. The van der Waals surface area contributed by atoms with Crippen molar-refractivity contribution in [3.8, 4) is 11.8 Å². The van der Waals surface area contributed by atoms with Gasteiger partial charge in [0, 0.05) is 12.1 Å². The van der Waals surface area contributed by atoms with Gasteiger partial charge in [0.1, 0.15) is 11.8 Å². The Morgan fingerprint density at radius 1 is 1.28 bits per heavy atom. The molecule has 0 saturated carbocycles. The van der Waals surface area contributed by atoms with Gasteiger partial charge in [-0.2, -0.15) is 5.26 Å². The predicted molar refractivity (Wildman–Crippen MR) is 79.5 cm³/mol. The highest BCUT2D eigenvalue weighted by molar-refractivity contribution is 9.11. The molecule has 0 heterocycles. The van der Waals surface area contributed by atoms with Crippen LogP contribution in [0.2, 0.25) is 0 Å². The second-order valence-electron chi connectivity index (χ2n) is 4.94. The zero-order valence-electron chi connectivity index (χ0n) is 10.7. The molecular weight excluding hydrogens is 360 g/mol. The molecule has 5 heteroatoms. The maximum absolute atomic E-state index is 8.52. The standard InChI is InChI=1S/C13H16Br2N2O/c1-13(2,3)17-8-9-6-10(14)12(11(15)7-9)18-5-4-16/h6-7,17H,5,8H2,1-3H3. The lowest BCUT2D eigenvalue weighted by Gasteiger charge is -2.21. The molecule has 0 aliphatic rings. The number of nitrogens with zero attached hydrogens (tertiary/aromatic N) is 1. The van der Waals surface area contributed by atoms with Crippen molar-refractivity contribution in [2.45, 2.75) is 32.9 Å². The van der Waals surface area contributed by atoms with E-state index in [1.807, 2.05) is 18.2 Å². The van der Waals surface area contributed by atoms with Crippen LogP contribution in [0.4, 0.5) is 0 Å². The molecule has 0 aliphatic heterocycles. The Bertz CT molecular complexity index is 438.